The zero-order valence-electron chi connectivity index (χ0n) is 9.47. The Balaban J connectivity index is 2.07. The molecule has 0 bridgehead atoms. The van der Waals surface area contributed by atoms with E-state index in [1.165, 1.54) is 0 Å². The van der Waals surface area contributed by atoms with E-state index in [1.807, 2.05) is 36.4 Å². The number of rotatable bonds is 3. The largest absolute Gasteiger partial charge is 0.294 e. The Kier molecular flexibility index (Phi) is 2.48. The molecule has 1 fully saturated rings. The number of nitrogens with zero attached hydrogens (tertiary/aromatic N) is 1. The van der Waals surface area contributed by atoms with Crippen molar-refractivity contribution in [2.45, 2.75) is 12.8 Å². The van der Waals surface area contributed by atoms with Gasteiger partial charge in [-0.15, -0.1) is 0 Å². The molecule has 0 atom stereocenters. The van der Waals surface area contributed by atoms with Gasteiger partial charge in [0.05, 0.1) is 0 Å². The van der Waals surface area contributed by atoms with Gasteiger partial charge in [0.1, 0.15) is 0 Å². The SMILES string of the molecule is O=C(c1ccncc1-c1ccccc1)C1CC1. The number of ketones is 1. The fourth-order valence-corrected chi connectivity index (χ4v) is 2.02. The van der Waals surface area contributed by atoms with E-state index in [4.69, 9.17) is 0 Å². The Morgan fingerprint density at radius 3 is 2.59 bits per heavy atom. The Labute approximate surface area is 100 Å². The Hall–Kier alpha value is -1.96. The maximum Gasteiger partial charge on any atom is 0.166 e. The van der Waals surface area contributed by atoms with Crippen molar-refractivity contribution >= 4 is 5.78 Å². The second-order valence-electron chi connectivity index (χ2n) is 4.43. The van der Waals surface area contributed by atoms with Crippen LogP contribution in [0.3, 0.4) is 0 Å². The fraction of sp³-hybridized carbons (Fsp3) is 0.200. The molecule has 0 aliphatic heterocycles. The highest BCUT2D eigenvalue weighted by atomic mass is 16.1. The summed E-state index contributed by atoms with van der Waals surface area (Å²) >= 11 is 0. The second-order valence-corrected chi connectivity index (χ2v) is 4.43. The van der Waals surface area contributed by atoms with Gasteiger partial charge in [0.2, 0.25) is 0 Å². The molecule has 1 saturated carbocycles. The van der Waals surface area contributed by atoms with Gasteiger partial charge in [-0.05, 0) is 24.5 Å². The predicted molar refractivity (Wildman–Crippen MR) is 66.7 cm³/mol. The maximum atomic E-state index is 12.2. The quantitative estimate of drug-likeness (QED) is 0.747. The summed E-state index contributed by atoms with van der Waals surface area (Å²) in [4.78, 5) is 16.3. The summed E-state index contributed by atoms with van der Waals surface area (Å²) in [6.07, 6.45) is 5.55. The minimum Gasteiger partial charge on any atom is -0.294 e. The lowest BCUT2D eigenvalue weighted by Crippen LogP contribution is -2.03. The number of carbonyl (C=O) groups excluding carboxylic acids is 1. The summed E-state index contributed by atoms with van der Waals surface area (Å²) in [5.41, 5.74) is 2.82. The van der Waals surface area contributed by atoms with E-state index in [9.17, 15) is 4.79 Å². The van der Waals surface area contributed by atoms with E-state index in [2.05, 4.69) is 4.98 Å². The van der Waals surface area contributed by atoms with Crippen molar-refractivity contribution in [2.75, 3.05) is 0 Å². The molecule has 1 aromatic heterocycles. The van der Waals surface area contributed by atoms with Gasteiger partial charge in [0, 0.05) is 29.4 Å². The third-order valence-corrected chi connectivity index (χ3v) is 3.12. The van der Waals surface area contributed by atoms with Crippen molar-refractivity contribution in [2.24, 2.45) is 5.92 Å². The van der Waals surface area contributed by atoms with Crippen LogP contribution in [0.5, 0.6) is 0 Å². The Bertz CT molecular complexity index is 544. The molecule has 2 nitrogen and oxygen atoms in total. The zero-order valence-corrected chi connectivity index (χ0v) is 9.47. The minimum absolute atomic E-state index is 0.250. The van der Waals surface area contributed by atoms with E-state index in [1.54, 1.807) is 12.4 Å². The molecular weight excluding hydrogens is 210 g/mol. The standard InChI is InChI=1S/C15H13NO/c17-15(12-6-7-12)13-8-9-16-10-14(13)11-4-2-1-3-5-11/h1-5,8-10,12H,6-7H2. The van der Waals surface area contributed by atoms with Gasteiger partial charge in [-0.2, -0.15) is 0 Å². The number of aromatic nitrogens is 1. The third-order valence-electron chi connectivity index (χ3n) is 3.12. The van der Waals surface area contributed by atoms with Gasteiger partial charge in [-0.1, -0.05) is 30.3 Å². The van der Waals surface area contributed by atoms with Crippen LogP contribution >= 0.6 is 0 Å². The summed E-state index contributed by atoms with van der Waals surface area (Å²) in [5, 5.41) is 0. The first-order valence-corrected chi connectivity index (χ1v) is 5.90. The van der Waals surface area contributed by atoms with Crippen LogP contribution in [-0.4, -0.2) is 10.8 Å². The number of pyridine rings is 1. The Morgan fingerprint density at radius 1 is 1.12 bits per heavy atom. The van der Waals surface area contributed by atoms with Crippen LogP contribution in [0.25, 0.3) is 11.1 Å². The number of Topliss-reactive ketones (excluding diaryl/α,β-unsaturated/α-hetero) is 1. The van der Waals surface area contributed by atoms with Crippen LogP contribution in [0.4, 0.5) is 0 Å². The molecule has 2 heteroatoms. The highest BCUT2D eigenvalue weighted by Gasteiger charge is 2.31. The van der Waals surface area contributed by atoms with E-state index in [-0.39, 0.29) is 11.7 Å². The first kappa shape index (κ1) is 10.2. The molecule has 3 rings (SSSR count). The molecule has 2 aromatic rings. The predicted octanol–water partition coefficient (Wildman–Crippen LogP) is 3.34. The van der Waals surface area contributed by atoms with Gasteiger partial charge < -0.3 is 0 Å². The fourth-order valence-electron chi connectivity index (χ4n) is 2.02. The summed E-state index contributed by atoms with van der Waals surface area (Å²) in [6.45, 7) is 0. The molecule has 1 aliphatic carbocycles. The molecule has 1 heterocycles. The summed E-state index contributed by atoms with van der Waals surface area (Å²) in [6, 6.07) is 11.8. The van der Waals surface area contributed by atoms with Crippen molar-refractivity contribution < 1.29 is 4.79 Å². The van der Waals surface area contributed by atoms with E-state index in [0.29, 0.717) is 0 Å². The Morgan fingerprint density at radius 2 is 1.88 bits per heavy atom. The highest BCUT2D eigenvalue weighted by Crippen LogP contribution is 2.35. The lowest BCUT2D eigenvalue weighted by atomic mass is 9.97. The van der Waals surface area contributed by atoms with E-state index in [0.717, 1.165) is 29.5 Å². The molecule has 0 N–H and O–H groups in total. The van der Waals surface area contributed by atoms with Crippen molar-refractivity contribution in [3.8, 4) is 11.1 Å². The van der Waals surface area contributed by atoms with Crippen LogP contribution in [0.15, 0.2) is 48.8 Å². The molecule has 1 aromatic carbocycles. The summed E-state index contributed by atoms with van der Waals surface area (Å²) in [5.74, 6) is 0.520. The first-order chi connectivity index (χ1) is 8.36. The summed E-state index contributed by atoms with van der Waals surface area (Å²) < 4.78 is 0. The number of hydrogen-bond acceptors (Lipinski definition) is 2. The lowest BCUT2D eigenvalue weighted by Gasteiger charge is -2.07. The second kappa shape index (κ2) is 4.13. The van der Waals surface area contributed by atoms with Crippen molar-refractivity contribution in [1.82, 2.24) is 4.98 Å². The van der Waals surface area contributed by atoms with Crippen LogP contribution in [0, 0.1) is 5.92 Å². The number of hydrogen-bond donors (Lipinski definition) is 0. The molecule has 0 saturated heterocycles. The monoisotopic (exact) mass is 223 g/mol. The average Bonchev–Trinajstić information content (AvgIpc) is 3.23. The third kappa shape index (κ3) is 1.98. The summed E-state index contributed by atoms with van der Waals surface area (Å²) in [7, 11) is 0. The molecule has 1 aliphatic rings. The number of benzene rings is 1. The van der Waals surface area contributed by atoms with Gasteiger partial charge in [-0.3, -0.25) is 9.78 Å². The van der Waals surface area contributed by atoms with E-state index >= 15 is 0 Å². The maximum absolute atomic E-state index is 12.2. The zero-order chi connectivity index (χ0) is 11.7. The molecular formula is C15H13NO. The normalized spacial score (nSPS) is 14.6. The average molecular weight is 223 g/mol. The van der Waals surface area contributed by atoms with Crippen molar-refractivity contribution in [3.63, 3.8) is 0 Å². The minimum atomic E-state index is 0.250. The van der Waals surface area contributed by atoms with Crippen LogP contribution in [-0.2, 0) is 0 Å². The van der Waals surface area contributed by atoms with Crippen LogP contribution < -0.4 is 0 Å². The van der Waals surface area contributed by atoms with Gasteiger partial charge in [0.15, 0.2) is 5.78 Å². The van der Waals surface area contributed by atoms with E-state index < -0.39 is 0 Å². The van der Waals surface area contributed by atoms with Gasteiger partial charge in [-0.25, -0.2) is 0 Å². The molecule has 0 spiro atoms. The molecule has 0 radical (unpaired) electrons. The lowest BCUT2D eigenvalue weighted by molar-refractivity contribution is 0.0968. The molecule has 17 heavy (non-hydrogen) atoms. The highest BCUT2D eigenvalue weighted by molar-refractivity contribution is 6.04. The van der Waals surface area contributed by atoms with Crippen LogP contribution in [0.1, 0.15) is 23.2 Å². The van der Waals surface area contributed by atoms with Crippen molar-refractivity contribution in [1.29, 1.82) is 0 Å². The van der Waals surface area contributed by atoms with Crippen LogP contribution in [0.2, 0.25) is 0 Å². The number of carbonyl (C=O) groups is 1. The topological polar surface area (TPSA) is 30.0 Å². The van der Waals surface area contributed by atoms with Gasteiger partial charge >= 0.3 is 0 Å². The van der Waals surface area contributed by atoms with Gasteiger partial charge in [0.25, 0.3) is 0 Å². The molecule has 0 unspecified atom stereocenters. The first-order valence-electron chi connectivity index (χ1n) is 5.90. The smallest absolute Gasteiger partial charge is 0.166 e. The van der Waals surface area contributed by atoms with Crippen molar-refractivity contribution in [3.05, 3.63) is 54.4 Å². The molecule has 84 valence electrons. The molecule has 0 amide bonds.